The van der Waals surface area contributed by atoms with E-state index in [1.54, 1.807) is 0 Å². The Morgan fingerprint density at radius 2 is 1.00 bits per heavy atom. The molecule has 0 radical (unpaired) electrons. The third-order valence-electron chi connectivity index (χ3n) is 18.9. The number of benzene rings is 4. The zero-order valence-electron chi connectivity index (χ0n) is 59.4. The van der Waals surface area contributed by atoms with Crippen molar-refractivity contribution in [2.24, 2.45) is 27.4 Å². The molecule has 4 aromatic carbocycles. The number of hydrogen-bond donors (Lipinski definition) is 3. The van der Waals surface area contributed by atoms with Gasteiger partial charge >= 0.3 is 12.1 Å². The number of quaternary nitrogens is 1. The molecular formula is C77H115ClN12O5. The Morgan fingerprint density at radius 3 is 1.41 bits per heavy atom. The molecule has 0 aliphatic carbocycles. The summed E-state index contributed by atoms with van der Waals surface area (Å²) in [6.45, 7) is 19.6. The van der Waals surface area contributed by atoms with Crippen LogP contribution < -0.4 is 28.8 Å². The van der Waals surface area contributed by atoms with E-state index in [-0.39, 0.29) is 64.0 Å². The molecule has 5 amide bonds. The van der Waals surface area contributed by atoms with Gasteiger partial charge in [0.2, 0.25) is 11.8 Å². The summed E-state index contributed by atoms with van der Waals surface area (Å²) in [6, 6.07) is 49.3. The Morgan fingerprint density at radius 1 is 0.589 bits per heavy atom. The number of aryl methyl sites for hydroxylation is 2. The maximum Gasteiger partial charge on any atom is 0.407 e. The lowest BCUT2D eigenvalue weighted by Gasteiger charge is -2.41. The van der Waals surface area contributed by atoms with Crippen LogP contribution in [0.4, 0.5) is 9.59 Å². The summed E-state index contributed by atoms with van der Waals surface area (Å²) in [5.41, 5.74) is 10.1. The predicted octanol–water partition coefficient (Wildman–Crippen LogP) is 8.69. The van der Waals surface area contributed by atoms with Crippen LogP contribution in [0.15, 0.2) is 121 Å². The lowest BCUT2D eigenvalue weighted by molar-refractivity contribution is -0.870. The molecule has 0 aromatic heterocycles. The van der Waals surface area contributed by atoms with Gasteiger partial charge in [0.25, 0.3) is 0 Å². The topological polar surface area (TPSA) is 215 Å². The monoisotopic (exact) mass is 1320 g/mol. The van der Waals surface area contributed by atoms with Gasteiger partial charge in [-0.2, -0.15) is 15.8 Å². The molecule has 0 bridgehead atoms. The van der Waals surface area contributed by atoms with E-state index >= 15 is 0 Å². The van der Waals surface area contributed by atoms with Gasteiger partial charge < -0.3 is 62.5 Å². The third-order valence-corrected chi connectivity index (χ3v) is 18.9. The Kier molecular flexibility index (Phi) is 33.7. The van der Waals surface area contributed by atoms with E-state index < -0.39 is 5.60 Å². The number of nitrogens with zero attached hydrogens (tertiary/aromatic N) is 9. The Hall–Kier alpha value is -7.04. The van der Waals surface area contributed by atoms with Crippen LogP contribution in [0.3, 0.4) is 0 Å². The van der Waals surface area contributed by atoms with Gasteiger partial charge in [-0.05, 0) is 199 Å². The molecule has 4 aromatic rings. The van der Waals surface area contributed by atoms with E-state index in [1.165, 1.54) is 22.3 Å². The van der Waals surface area contributed by atoms with Gasteiger partial charge in [-0.15, -0.1) is 0 Å². The number of likely N-dealkylation sites (tertiary alicyclic amines) is 4. The van der Waals surface area contributed by atoms with Crippen molar-refractivity contribution in [1.82, 2.24) is 35.1 Å². The first kappa shape index (κ1) is 80.4. The van der Waals surface area contributed by atoms with Crippen molar-refractivity contribution in [3.05, 3.63) is 144 Å². The highest BCUT2D eigenvalue weighted by Gasteiger charge is 2.39. The molecule has 4 saturated heterocycles. The average molecular weight is 1320 g/mol. The molecule has 8 rings (SSSR count). The van der Waals surface area contributed by atoms with Crippen LogP contribution in [0.5, 0.6) is 0 Å². The highest BCUT2D eigenvalue weighted by Crippen LogP contribution is 2.39. The number of alkyl carbamates (subject to hydrolysis) is 1. The van der Waals surface area contributed by atoms with Gasteiger partial charge in [-0.3, -0.25) is 9.59 Å². The molecule has 0 atom stereocenters. The molecule has 4 fully saturated rings. The standard InChI is InChI=1S/C21H31N3O2.C21H32N3O.C18H29N3O.C17H23N3O.ClH/c1-20(2,3)26-19(25)23-12-7-13-24-14-10-21(17-22,11-15-24)16-18-8-5-4-6-9-18;1-24(2,3)17-7-10-20(25)23-15-13-21(18-22,14-16-23)12-11-19-8-5-4-6-9-19;1-15(2)20-17(22)21-12-10-18(14-19,11-13-21)9-8-16-6-4-3-5-7-16;1-19(2)13-16(21)20-10-8-17(14-18,9-11-20)12-15-6-4-3-5-7-15;/h4-6,8-9H,7,10-16H2,1-3H3,(H,23,25);4-6,8-9H,7,10-17H2,1-3H3;3-7,15H,8-14,19H2,1-2H3,(H,20,22);3-7H,8-13H2,1-2H3;1H/q;+1;;;/p-1. The fraction of sp³-hybridized carbons (Fsp3) is 0.597. The normalized spacial score (nSPS) is 17.2. The number of urea groups is 1. The molecule has 0 saturated carbocycles. The van der Waals surface area contributed by atoms with Crippen molar-refractivity contribution < 1.29 is 40.8 Å². The number of piperidine rings is 4. The van der Waals surface area contributed by atoms with Crippen LogP contribution in [0.25, 0.3) is 0 Å². The van der Waals surface area contributed by atoms with Crippen LogP contribution in [0.2, 0.25) is 0 Å². The van der Waals surface area contributed by atoms with Gasteiger partial charge in [0.1, 0.15) is 5.60 Å². The first-order valence-corrected chi connectivity index (χ1v) is 34.6. The number of carbonyl (C=O) groups is 4. The van der Waals surface area contributed by atoms with Crippen molar-refractivity contribution in [3.63, 3.8) is 0 Å². The van der Waals surface area contributed by atoms with Gasteiger partial charge in [0.15, 0.2) is 0 Å². The molecule has 95 heavy (non-hydrogen) atoms. The van der Waals surface area contributed by atoms with Crippen LogP contribution in [-0.4, -0.2) is 185 Å². The molecule has 4 N–H and O–H groups in total. The predicted molar refractivity (Wildman–Crippen MR) is 377 cm³/mol. The van der Waals surface area contributed by atoms with E-state index in [2.05, 4.69) is 116 Å². The van der Waals surface area contributed by atoms with Crippen molar-refractivity contribution in [1.29, 1.82) is 15.8 Å². The van der Waals surface area contributed by atoms with E-state index in [0.717, 1.165) is 160 Å². The molecule has 4 heterocycles. The van der Waals surface area contributed by atoms with Crippen LogP contribution in [0.1, 0.15) is 140 Å². The van der Waals surface area contributed by atoms with E-state index in [4.69, 9.17) is 10.5 Å². The van der Waals surface area contributed by atoms with Crippen molar-refractivity contribution in [2.45, 2.75) is 155 Å². The minimum Gasteiger partial charge on any atom is -1.00 e. The zero-order valence-corrected chi connectivity index (χ0v) is 60.1. The van der Waals surface area contributed by atoms with Crippen LogP contribution in [0, 0.1) is 55.7 Å². The third kappa shape index (κ3) is 29.5. The second-order valence-corrected chi connectivity index (χ2v) is 29.5. The fourth-order valence-corrected chi connectivity index (χ4v) is 12.8. The number of amides is 5. The van der Waals surface area contributed by atoms with Gasteiger partial charge in [0, 0.05) is 64.7 Å². The number of hydrogen-bond acceptors (Lipinski definition) is 11. The number of rotatable bonds is 22. The number of nitrogens with two attached hydrogens (primary N) is 1. The molecule has 0 spiro atoms. The van der Waals surface area contributed by atoms with Crippen LogP contribution in [-0.2, 0) is 40.0 Å². The number of nitrogens with one attached hydrogen (secondary N) is 2. The summed E-state index contributed by atoms with van der Waals surface area (Å²) in [5.74, 6) is 0.411. The summed E-state index contributed by atoms with van der Waals surface area (Å²) in [6.07, 6.45) is 14.6. The fourth-order valence-electron chi connectivity index (χ4n) is 12.8. The number of ether oxygens (including phenoxy) is 1. The largest absolute Gasteiger partial charge is 1.00 e. The molecule has 0 unspecified atom stereocenters. The number of likely N-dealkylation sites (N-methyl/N-ethyl adjacent to an activating group) is 1. The zero-order chi connectivity index (χ0) is 68.7. The summed E-state index contributed by atoms with van der Waals surface area (Å²) in [5, 5.41) is 34.8. The number of carbonyl (C=O) groups excluding carboxylic acids is 4. The summed E-state index contributed by atoms with van der Waals surface area (Å²) in [4.78, 5) is 58.2. The maximum atomic E-state index is 12.4. The Labute approximate surface area is 577 Å². The van der Waals surface area contributed by atoms with Crippen molar-refractivity contribution in [3.8, 4) is 18.2 Å². The number of nitriles is 3. The Balaban J connectivity index is 0.000000270. The molecule has 4 aliphatic heterocycles. The van der Waals surface area contributed by atoms with Gasteiger partial charge in [0.05, 0.1) is 68.7 Å². The molecule has 18 heteroatoms. The SMILES string of the molecule is CC(C)(C)OC(=O)NCCCN1CCC(C#N)(Cc2ccccc2)CC1.CC(C)NC(=O)N1CCC(CN)(CCc2ccccc2)CC1.CN(C)CC(=O)N1CCC(C#N)(Cc2ccccc2)CC1.C[N+](C)(C)CCCC(=O)N1CCC(C#N)(CCc2ccccc2)CC1.[Cl-]. The first-order chi connectivity index (χ1) is 44.7. The van der Waals surface area contributed by atoms with Crippen molar-refractivity contribution >= 4 is 23.9 Å². The molecule has 17 nitrogen and oxygen atoms in total. The smallest absolute Gasteiger partial charge is 0.407 e. The second kappa shape index (κ2) is 39.9. The quantitative estimate of drug-likeness (QED) is 0.0500. The summed E-state index contributed by atoms with van der Waals surface area (Å²) >= 11 is 0. The second-order valence-electron chi connectivity index (χ2n) is 29.5. The average Bonchev–Trinajstić information content (AvgIpc) is 0.890. The van der Waals surface area contributed by atoms with E-state index in [1.807, 2.05) is 129 Å². The summed E-state index contributed by atoms with van der Waals surface area (Å²) < 4.78 is 6.12. The lowest BCUT2D eigenvalue weighted by Crippen LogP contribution is -3.00. The van der Waals surface area contributed by atoms with E-state index in [9.17, 15) is 35.0 Å². The molecule has 520 valence electrons. The van der Waals surface area contributed by atoms with E-state index in [0.29, 0.717) is 39.1 Å². The first-order valence-electron chi connectivity index (χ1n) is 34.6. The van der Waals surface area contributed by atoms with Crippen LogP contribution >= 0.6 is 0 Å². The number of halogens is 1. The minimum absolute atomic E-state index is 0. The highest BCUT2D eigenvalue weighted by atomic mass is 35.5. The highest BCUT2D eigenvalue weighted by molar-refractivity contribution is 5.78. The minimum atomic E-state index is -0.462. The lowest BCUT2D eigenvalue weighted by atomic mass is 9.74. The van der Waals surface area contributed by atoms with Crippen molar-refractivity contribution in [2.75, 3.05) is 120 Å². The molecule has 4 aliphatic rings. The van der Waals surface area contributed by atoms with Gasteiger partial charge in [-0.25, -0.2) is 9.59 Å². The maximum absolute atomic E-state index is 12.4. The van der Waals surface area contributed by atoms with Gasteiger partial charge in [-0.1, -0.05) is 121 Å². The molecular weight excluding hydrogens is 1210 g/mol. The Bertz CT molecular complexity index is 3000. The summed E-state index contributed by atoms with van der Waals surface area (Å²) in [7, 11) is 10.3.